The number of hydrogen-bond acceptors (Lipinski definition) is 4. The van der Waals surface area contributed by atoms with Crippen molar-refractivity contribution in [1.29, 1.82) is 0 Å². The van der Waals surface area contributed by atoms with Crippen LogP contribution >= 0.6 is 11.3 Å². The first kappa shape index (κ1) is 16.0. The lowest BCUT2D eigenvalue weighted by Crippen LogP contribution is -2.18. The number of halogens is 3. The highest BCUT2D eigenvalue weighted by molar-refractivity contribution is 7.12. The van der Waals surface area contributed by atoms with Gasteiger partial charge in [0.2, 0.25) is 0 Å². The van der Waals surface area contributed by atoms with E-state index in [0.29, 0.717) is 16.9 Å². The minimum Gasteiger partial charge on any atom is -0.478 e. The Labute approximate surface area is 126 Å². The second kappa shape index (κ2) is 5.76. The fourth-order valence-corrected chi connectivity index (χ4v) is 2.38. The van der Waals surface area contributed by atoms with Crippen molar-refractivity contribution in [2.45, 2.75) is 13.1 Å². The van der Waals surface area contributed by atoms with Gasteiger partial charge in [-0.2, -0.15) is 13.2 Å². The van der Waals surface area contributed by atoms with Gasteiger partial charge in [0, 0.05) is 5.69 Å². The molecule has 1 amide bonds. The Morgan fingerprint density at radius 1 is 1.32 bits per heavy atom. The molecule has 2 rings (SSSR count). The molecule has 2 N–H and O–H groups in total. The molecule has 1 aromatic carbocycles. The molecule has 0 spiro atoms. The lowest BCUT2D eigenvalue weighted by Gasteiger charge is -2.10. The maximum Gasteiger partial charge on any atom is 0.434 e. The van der Waals surface area contributed by atoms with Crippen molar-refractivity contribution >= 4 is 28.9 Å². The lowest BCUT2D eigenvalue weighted by molar-refractivity contribution is -0.141. The third-order valence-electron chi connectivity index (χ3n) is 2.77. The van der Waals surface area contributed by atoms with Gasteiger partial charge in [-0.25, -0.2) is 9.78 Å². The van der Waals surface area contributed by atoms with E-state index in [1.165, 1.54) is 18.2 Å². The molecule has 1 heterocycles. The number of rotatable bonds is 3. The van der Waals surface area contributed by atoms with Crippen LogP contribution in [0.25, 0.3) is 0 Å². The molecular formula is C13H9F3N2O3S. The molecule has 22 heavy (non-hydrogen) atoms. The number of anilines is 1. The van der Waals surface area contributed by atoms with Crippen LogP contribution in [0.15, 0.2) is 23.7 Å². The zero-order valence-corrected chi connectivity index (χ0v) is 11.9. The normalized spacial score (nSPS) is 11.3. The number of benzene rings is 1. The first-order valence-corrected chi connectivity index (χ1v) is 6.74. The summed E-state index contributed by atoms with van der Waals surface area (Å²) in [6.45, 7) is 1.60. The maximum absolute atomic E-state index is 12.7. The topological polar surface area (TPSA) is 79.3 Å². The van der Waals surface area contributed by atoms with Crippen molar-refractivity contribution < 1.29 is 27.9 Å². The first-order chi connectivity index (χ1) is 10.2. The quantitative estimate of drug-likeness (QED) is 0.904. The molecule has 0 saturated carbocycles. The Kier molecular flexibility index (Phi) is 4.18. The van der Waals surface area contributed by atoms with Gasteiger partial charge in [0.1, 0.15) is 4.88 Å². The molecule has 0 radical (unpaired) electrons. The van der Waals surface area contributed by atoms with Gasteiger partial charge in [-0.1, -0.05) is 6.07 Å². The monoisotopic (exact) mass is 330 g/mol. The number of aromatic carboxylic acids is 1. The van der Waals surface area contributed by atoms with Crippen molar-refractivity contribution in [1.82, 2.24) is 4.98 Å². The molecular weight excluding hydrogens is 321 g/mol. The average Bonchev–Trinajstić information content (AvgIpc) is 2.90. The van der Waals surface area contributed by atoms with Crippen LogP contribution in [0.4, 0.5) is 18.9 Å². The molecule has 0 aliphatic heterocycles. The van der Waals surface area contributed by atoms with E-state index < -0.39 is 28.6 Å². The van der Waals surface area contributed by atoms with Gasteiger partial charge in [-0.15, -0.1) is 11.3 Å². The van der Waals surface area contributed by atoms with Crippen LogP contribution in [0.5, 0.6) is 0 Å². The third kappa shape index (κ3) is 3.25. The summed E-state index contributed by atoms with van der Waals surface area (Å²) in [5.41, 5.74) is 0.240. The van der Waals surface area contributed by atoms with Gasteiger partial charge in [0.25, 0.3) is 5.91 Å². The van der Waals surface area contributed by atoms with Crippen LogP contribution in [-0.2, 0) is 6.18 Å². The van der Waals surface area contributed by atoms with Crippen LogP contribution < -0.4 is 5.32 Å². The van der Waals surface area contributed by atoms with Crippen molar-refractivity contribution in [3.05, 3.63) is 45.4 Å². The number of hydrogen-bond donors (Lipinski definition) is 2. The van der Waals surface area contributed by atoms with E-state index in [-0.39, 0.29) is 11.3 Å². The van der Waals surface area contributed by atoms with Crippen molar-refractivity contribution in [3.8, 4) is 0 Å². The van der Waals surface area contributed by atoms with E-state index in [0.717, 1.165) is 5.51 Å². The Bertz CT molecular complexity index is 740. The molecule has 9 heteroatoms. The summed E-state index contributed by atoms with van der Waals surface area (Å²) in [5.74, 6) is -2.19. The Morgan fingerprint density at radius 2 is 2.00 bits per heavy atom. The second-order valence-electron chi connectivity index (χ2n) is 4.32. The number of carbonyl (C=O) groups is 2. The summed E-state index contributed by atoms with van der Waals surface area (Å²) in [5, 5.41) is 11.2. The molecule has 0 atom stereocenters. The Morgan fingerprint density at radius 3 is 2.59 bits per heavy atom. The molecule has 0 aliphatic rings. The molecule has 0 aliphatic carbocycles. The summed E-state index contributed by atoms with van der Waals surface area (Å²) < 4.78 is 38.1. The molecule has 1 aromatic heterocycles. The minimum absolute atomic E-state index is 0.0822. The third-order valence-corrected chi connectivity index (χ3v) is 3.60. The second-order valence-corrected chi connectivity index (χ2v) is 5.17. The zero-order valence-electron chi connectivity index (χ0n) is 11.1. The highest BCUT2D eigenvalue weighted by Gasteiger charge is 2.38. The number of thiazole rings is 1. The summed E-state index contributed by atoms with van der Waals surface area (Å²) >= 11 is 0.561. The van der Waals surface area contributed by atoms with Crippen LogP contribution in [0.3, 0.4) is 0 Å². The zero-order chi connectivity index (χ0) is 16.5. The van der Waals surface area contributed by atoms with Crippen molar-refractivity contribution in [2.75, 3.05) is 5.32 Å². The van der Waals surface area contributed by atoms with E-state index in [4.69, 9.17) is 5.11 Å². The summed E-state index contributed by atoms with van der Waals surface area (Å²) in [4.78, 5) is 25.5. The maximum atomic E-state index is 12.7. The number of alkyl halides is 3. The lowest BCUT2D eigenvalue weighted by atomic mass is 10.1. The van der Waals surface area contributed by atoms with Crippen molar-refractivity contribution in [3.63, 3.8) is 0 Å². The number of carboxylic acid groups (broad SMARTS) is 1. The van der Waals surface area contributed by atoms with Gasteiger partial charge in [-0.3, -0.25) is 4.79 Å². The van der Waals surface area contributed by atoms with Crippen LogP contribution in [0.1, 0.15) is 31.3 Å². The Balaban J connectivity index is 2.32. The van der Waals surface area contributed by atoms with E-state index in [9.17, 15) is 22.8 Å². The standard InChI is InChI=1S/C13H9F3N2O3S/c1-6-2-3-7(12(20)21)4-8(6)18-11(19)9-10(13(14,15)16)17-5-22-9/h2-5H,1H3,(H,18,19)(H,20,21). The number of nitrogens with zero attached hydrogens (tertiary/aromatic N) is 1. The van der Waals surface area contributed by atoms with Crippen LogP contribution in [0.2, 0.25) is 0 Å². The summed E-state index contributed by atoms with van der Waals surface area (Å²) in [7, 11) is 0. The first-order valence-electron chi connectivity index (χ1n) is 5.86. The summed E-state index contributed by atoms with van der Waals surface area (Å²) in [6.07, 6.45) is -4.73. The van der Waals surface area contributed by atoms with E-state index in [1.807, 2.05) is 0 Å². The fraction of sp³-hybridized carbons (Fsp3) is 0.154. The molecule has 0 unspecified atom stereocenters. The van der Waals surface area contributed by atoms with Gasteiger partial charge >= 0.3 is 12.1 Å². The van der Waals surface area contributed by atoms with E-state index in [2.05, 4.69) is 10.3 Å². The number of nitrogens with one attached hydrogen (secondary N) is 1. The number of carbonyl (C=O) groups excluding carboxylic acids is 1. The highest BCUT2D eigenvalue weighted by Crippen LogP contribution is 2.33. The van der Waals surface area contributed by atoms with E-state index in [1.54, 1.807) is 6.92 Å². The molecule has 116 valence electrons. The SMILES string of the molecule is Cc1ccc(C(=O)O)cc1NC(=O)c1scnc1C(F)(F)F. The molecule has 2 aromatic rings. The number of aromatic nitrogens is 1. The van der Waals surface area contributed by atoms with Gasteiger partial charge in [0.15, 0.2) is 5.69 Å². The number of amides is 1. The Hall–Kier alpha value is -2.42. The van der Waals surface area contributed by atoms with Crippen molar-refractivity contribution in [2.24, 2.45) is 0 Å². The molecule has 0 saturated heterocycles. The molecule has 0 fully saturated rings. The number of carboxylic acids is 1. The molecule has 0 bridgehead atoms. The van der Waals surface area contributed by atoms with E-state index >= 15 is 0 Å². The van der Waals surface area contributed by atoms with Gasteiger partial charge in [-0.05, 0) is 24.6 Å². The largest absolute Gasteiger partial charge is 0.478 e. The highest BCUT2D eigenvalue weighted by atomic mass is 32.1. The number of aryl methyl sites for hydroxylation is 1. The predicted molar refractivity (Wildman–Crippen MR) is 73.2 cm³/mol. The predicted octanol–water partition coefficient (Wildman–Crippen LogP) is 3.42. The minimum atomic E-state index is -4.73. The van der Waals surface area contributed by atoms with Gasteiger partial charge < -0.3 is 10.4 Å². The smallest absolute Gasteiger partial charge is 0.434 e. The molecule has 5 nitrogen and oxygen atoms in total. The summed E-state index contributed by atoms with van der Waals surface area (Å²) in [6, 6.07) is 3.97. The van der Waals surface area contributed by atoms with Gasteiger partial charge in [0.05, 0.1) is 11.1 Å². The average molecular weight is 330 g/mol. The van der Waals surface area contributed by atoms with Crippen LogP contribution in [-0.4, -0.2) is 22.0 Å². The van der Waals surface area contributed by atoms with Crippen LogP contribution in [0, 0.1) is 6.92 Å². The fourth-order valence-electron chi connectivity index (χ4n) is 1.68.